The van der Waals surface area contributed by atoms with E-state index < -0.39 is 6.69 Å². The molecule has 156 valence electrons. The Bertz CT molecular complexity index is 433. The molecule has 0 nitrogen and oxygen atoms in total. The number of halogens is 2. The summed E-state index contributed by atoms with van der Waals surface area (Å²) >= 11 is 13.3. The summed E-state index contributed by atoms with van der Waals surface area (Å²) in [6.45, 7) is 0.243. The molecule has 1 aromatic carbocycles. The van der Waals surface area contributed by atoms with Gasteiger partial charge in [0.05, 0.1) is 0 Å². The Balaban J connectivity index is 1.86. The molecule has 0 spiro atoms. The highest BCUT2D eigenvalue weighted by Crippen LogP contribution is 2.30. The van der Waals surface area contributed by atoms with Crippen molar-refractivity contribution in [1.29, 1.82) is 0 Å². The Hall–Kier alpha value is 0.0169. The van der Waals surface area contributed by atoms with Gasteiger partial charge in [0.25, 0.3) is 6.69 Å². The SMILES string of the molecule is CCCCCCCCCCCCCCCC[Si](Cl)(Cl)CCc1ccccc1. The molecular formula is C24H42Cl2Si. The lowest BCUT2D eigenvalue weighted by molar-refractivity contribution is 0.538. The number of aryl methyl sites for hydroxylation is 1. The number of hydrogen-bond donors (Lipinski definition) is 0. The Labute approximate surface area is 179 Å². The van der Waals surface area contributed by atoms with Crippen molar-refractivity contribution < 1.29 is 0 Å². The van der Waals surface area contributed by atoms with Crippen LogP contribution in [-0.2, 0) is 6.42 Å². The van der Waals surface area contributed by atoms with Gasteiger partial charge in [0.1, 0.15) is 0 Å². The van der Waals surface area contributed by atoms with E-state index in [1.165, 1.54) is 95.5 Å². The van der Waals surface area contributed by atoms with E-state index >= 15 is 0 Å². The topological polar surface area (TPSA) is 0 Å². The molecule has 0 heterocycles. The molecule has 0 bridgehead atoms. The lowest BCUT2D eigenvalue weighted by Gasteiger charge is -2.16. The molecule has 1 aromatic rings. The number of hydrogen-bond acceptors (Lipinski definition) is 0. The van der Waals surface area contributed by atoms with Crippen molar-refractivity contribution in [3.05, 3.63) is 35.9 Å². The summed E-state index contributed by atoms with van der Waals surface area (Å²) in [5.41, 5.74) is 1.36. The lowest BCUT2D eigenvalue weighted by atomic mass is 10.0. The normalized spacial score (nSPS) is 11.8. The second-order valence-electron chi connectivity index (χ2n) is 8.19. The van der Waals surface area contributed by atoms with Crippen LogP contribution < -0.4 is 0 Å². The summed E-state index contributed by atoms with van der Waals surface area (Å²) in [6, 6.07) is 12.6. The third-order valence-electron chi connectivity index (χ3n) is 5.52. The Morgan fingerprint density at radius 2 is 1.04 bits per heavy atom. The van der Waals surface area contributed by atoms with Crippen LogP contribution in [-0.4, -0.2) is 6.69 Å². The summed E-state index contributed by atoms with van der Waals surface area (Å²) in [5.74, 6) is 0. The standard InChI is InChI=1S/C24H42Cl2Si/c1-2-3-4-5-6-7-8-9-10-11-12-13-14-18-22-27(25,26)23-21-24-19-16-15-17-20-24/h15-17,19-20H,2-14,18,21-23H2,1H3. The van der Waals surface area contributed by atoms with Gasteiger partial charge in [-0.1, -0.05) is 127 Å². The Kier molecular flexibility index (Phi) is 15.7. The van der Waals surface area contributed by atoms with Gasteiger partial charge in [-0.2, -0.15) is 0 Å². The molecule has 3 heteroatoms. The van der Waals surface area contributed by atoms with Crippen molar-refractivity contribution >= 4 is 28.9 Å². The average molecular weight is 430 g/mol. The first-order valence-corrected chi connectivity index (χ1v) is 16.0. The molecule has 0 amide bonds. The van der Waals surface area contributed by atoms with Gasteiger partial charge in [0, 0.05) is 0 Å². The van der Waals surface area contributed by atoms with Crippen LogP contribution in [0.1, 0.15) is 102 Å². The molecule has 1 rings (SSSR count). The van der Waals surface area contributed by atoms with Gasteiger partial charge in [0.15, 0.2) is 0 Å². The predicted molar refractivity (Wildman–Crippen MR) is 128 cm³/mol. The molecule has 0 saturated heterocycles. The van der Waals surface area contributed by atoms with E-state index in [0.717, 1.165) is 18.5 Å². The number of benzene rings is 1. The molecule has 0 aliphatic carbocycles. The minimum absolute atomic E-state index is 0.985. The van der Waals surface area contributed by atoms with Crippen LogP contribution >= 0.6 is 22.2 Å². The average Bonchev–Trinajstić information content (AvgIpc) is 2.67. The summed E-state index contributed by atoms with van der Waals surface area (Å²) in [5, 5.41) is 0. The van der Waals surface area contributed by atoms with Gasteiger partial charge >= 0.3 is 0 Å². The first kappa shape index (κ1) is 25.1. The second kappa shape index (κ2) is 16.9. The van der Waals surface area contributed by atoms with E-state index in [9.17, 15) is 0 Å². The summed E-state index contributed by atoms with van der Waals surface area (Å²) in [4.78, 5) is 0. The van der Waals surface area contributed by atoms with Crippen molar-refractivity contribution in [2.45, 2.75) is 115 Å². The van der Waals surface area contributed by atoms with E-state index in [1.54, 1.807) is 0 Å². The van der Waals surface area contributed by atoms with Crippen LogP contribution in [0.15, 0.2) is 30.3 Å². The Morgan fingerprint density at radius 1 is 0.593 bits per heavy atom. The fourth-order valence-corrected chi connectivity index (χ4v) is 6.72. The van der Waals surface area contributed by atoms with Gasteiger partial charge in [-0.25, -0.2) is 0 Å². The molecule has 0 unspecified atom stereocenters. The monoisotopic (exact) mass is 428 g/mol. The maximum atomic E-state index is 6.64. The van der Waals surface area contributed by atoms with Gasteiger partial charge in [-0.15, -0.1) is 22.2 Å². The predicted octanol–water partition coefficient (Wildman–Crippen LogP) is 9.63. The zero-order valence-electron chi connectivity index (χ0n) is 17.7. The Morgan fingerprint density at radius 3 is 1.52 bits per heavy atom. The second-order valence-corrected chi connectivity index (χ2v) is 15.8. The highest BCUT2D eigenvalue weighted by Gasteiger charge is 2.27. The minimum Gasteiger partial charge on any atom is -0.146 e. The highest BCUT2D eigenvalue weighted by atomic mass is 35.7. The van der Waals surface area contributed by atoms with Crippen molar-refractivity contribution in [1.82, 2.24) is 0 Å². The van der Waals surface area contributed by atoms with Crippen molar-refractivity contribution in [2.24, 2.45) is 0 Å². The summed E-state index contributed by atoms with van der Waals surface area (Å²) in [7, 11) is 0. The quantitative estimate of drug-likeness (QED) is 0.124. The smallest absolute Gasteiger partial charge is 0.146 e. The fourth-order valence-electron chi connectivity index (χ4n) is 3.68. The van der Waals surface area contributed by atoms with Crippen molar-refractivity contribution in [3.8, 4) is 0 Å². The largest absolute Gasteiger partial charge is 0.251 e. The lowest BCUT2D eigenvalue weighted by Crippen LogP contribution is -2.19. The van der Waals surface area contributed by atoms with Crippen LogP contribution in [0, 0.1) is 0 Å². The molecular weight excluding hydrogens is 387 g/mol. The van der Waals surface area contributed by atoms with Crippen LogP contribution in [0.25, 0.3) is 0 Å². The van der Waals surface area contributed by atoms with Crippen molar-refractivity contribution in [3.63, 3.8) is 0 Å². The molecule has 0 aliphatic heterocycles. The number of unbranched alkanes of at least 4 members (excludes halogenated alkanes) is 13. The van der Waals surface area contributed by atoms with Crippen molar-refractivity contribution in [2.75, 3.05) is 0 Å². The van der Waals surface area contributed by atoms with E-state index in [4.69, 9.17) is 22.2 Å². The van der Waals surface area contributed by atoms with Crippen LogP contribution in [0.4, 0.5) is 0 Å². The third kappa shape index (κ3) is 15.6. The van der Waals surface area contributed by atoms with E-state index in [2.05, 4.69) is 37.3 Å². The van der Waals surface area contributed by atoms with E-state index in [1.807, 2.05) is 0 Å². The third-order valence-corrected chi connectivity index (χ3v) is 9.85. The van der Waals surface area contributed by atoms with Gasteiger partial charge in [-0.05, 0) is 24.1 Å². The molecule has 0 fully saturated rings. The van der Waals surface area contributed by atoms with Gasteiger partial charge in [0.2, 0.25) is 0 Å². The zero-order chi connectivity index (χ0) is 19.6. The van der Waals surface area contributed by atoms with Gasteiger partial charge < -0.3 is 0 Å². The minimum atomic E-state index is -2.04. The van der Waals surface area contributed by atoms with Gasteiger partial charge in [-0.3, -0.25) is 0 Å². The molecule has 0 atom stereocenters. The first-order chi connectivity index (χ1) is 13.1. The molecule has 0 aliphatic rings. The highest BCUT2D eigenvalue weighted by molar-refractivity contribution is 7.45. The van der Waals surface area contributed by atoms with Crippen LogP contribution in [0.3, 0.4) is 0 Å². The first-order valence-electron chi connectivity index (χ1n) is 11.6. The molecule has 0 saturated carbocycles. The fraction of sp³-hybridized carbons (Fsp3) is 0.750. The van der Waals surface area contributed by atoms with E-state index in [0.29, 0.717) is 0 Å². The van der Waals surface area contributed by atoms with E-state index in [-0.39, 0.29) is 0 Å². The maximum absolute atomic E-state index is 6.64. The number of rotatable bonds is 18. The van der Waals surface area contributed by atoms with Crippen LogP contribution in [0.2, 0.25) is 12.1 Å². The summed E-state index contributed by atoms with van der Waals surface area (Å²) in [6.07, 6.45) is 20.6. The zero-order valence-corrected chi connectivity index (χ0v) is 20.2. The maximum Gasteiger partial charge on any atom is 0.251 e. The molecule has 0 radical (unpaired) electrons. The van der Waals surface area contributed by atoms with Crippen LogP contribution in [0.5, 0.6) is 0 Å². The molecule has 0 N–H and O–H groups in total. The summed E-state index contributed by atoms with van der Waals surface area (Å²) < 4.78 is 0. The molecule has 27 heavy (non-hydrogen) atoms. The molecule has 0 aromatic heterocycles.